The van der Waals surface area contributed by atoms with E-state index in [0.717, 1.165) is 32.4 Å². The van der Waals surface area contributed by atoms with Crippen molar-refractivity contribution >= 4 is 34.8 Å². The number of amides is 1. The zero-order chi connectivity index (χ0) is 13.9. The van der Waals surface area contributed by atoms with E-state index in [1.54, 1.807) is 18.2 Å². The molecule has 0 bridgehead atoms. The van der Waals surface area contributed by atoms with Crippen molar-refractivity contribution in [3.8, 4) is 0 Å². The van der Waals surface area contributed by atoms with Gasteiger partial charge >= 0.3 is 0 Å². The molecule has 3 nitrogen and oxygen atoms in total. The molecule has 1 aromatic carbocycles. The maximum absolute atomic E-state index is 12.5. The van der Waals surface area contributed by atoms with Crippen molar-refractivity contribution in [3.05, 3.63) is 28.2 Å². The fraction of sp³-hybridized carbons (Fsp3) is 0.500. The number of halogens is 2. The molecule has 1 unspecified atom stereocenters. The molecule has 1 fully saturated rings. The van der Waals surface area contributed by atoms with Crippen molar-refractivity contribution < 1.29 is 4.79 Å². The van der Waals surface area contributed by atoms with Gasteiger partial charge in [-0.25, -0.2) is 0 Å². The largest absolute Gasteiger partial charge is 0.326 e. The second-order valence-corrected chi connectivity index (χ2v) is 5.85. The van der Waals surface area contributed by atoms with Gasteiger partial charge in [0, 0.05) is 12.2 Å². The SMILES string of the molecule is CCCC1(C(=O)Nc2ccc(Cl)c(Cl)c2)CCNC1. The highest BCUT2D eigenvalue weighted by molar-refractivity contribution is 6.42. The lowest BCUT2D eigenvalue weighted by atomic mass is 9.81. The van der Waals surface area contributed by atoms with E-state index >= 15 is 0 Å². The van der Waals surface area contributed by atoms with Gasteiger partial charge in [0.1, 0.15) is 0 Å². The average Bonchev–Trinajstić information content (AvgIpc) is 2.84. The Morgan fingerprint density at radius 3 is 2.79 bits per heavy atom. The Bertz CT molecular complexity index is 471. The lowest BCUT2D eigenvalue weighted by Crippen LogP contribution is -2.38. The minimum Gasteiger partial charge on any atom is -0.326 e. The van der Waals surface area contributed by atoms with E-state index in [9.17, 15) is 4.79 Å². The van der Waals surface area contributed by atoms with Crippen LogP contribution in [0.3, 0.4) is 0 Å². The molecular formula is C14H18Cl2N2O. The fourth-order valence-corrected chi connectivity index (χ4v) is 2.88. The van der Waals surface area contributed by atoms with Crippen LogP contribution in [0, 0.1) is 5.41 Å². The standard InChI is InChI=1S/C14H18Cl2N2O/c1-2-5-14(6-7-17-9-14)13(19)18-10-3-4-11(15)12(16)8-10/h3-4,8,17H,2,5-7,9H2,1H3,(H,18,19). The first-order valence-corrected chi connectivity index (χ1v) is 7.30. The Kier molecular flexibility index (Phi) is 4.71. The third kappa shape index (κ3) is 3.22. The third-order valence-corrected chi connectivity index (χ3v) is 4.37. The Morgan fingerprint density at radius 1 is 1.42 bits per heavy atom. The number of hydrogen-bond donors (Lipinski definition) is 2. The van der Waals surface area contributed by atoms with Gasteiger partial charge in [0.25, 0.3) is 0 Å². The Balaban J connectivity index is 2.12. The van der Waals surface area contributed by atoms with Gasteiger partial charge < -0.3 is 10.6 Å². The van der Waals surface area contributed by atoms with Gasteiger partial charge in [-0.05, 0) is 37.6 Å². The normalized spacial score (nSPS) is 22.5. The van der Waals surface area contributed by atoms with Crippen molar-refractivity contribution in [1.82, 2.24) is 5.32 Å². The first-order chi connectivity index (χ1) is 9.07. The zero-order valence-electron chi connectivity index (χ0n) is 10.9. The predicted molar refractivity (Wildman–Crippen MR) is 79.9 cm³/mol. The molecule has 1 amide bonds. The van der Waals surface area contributed by atoms with E-state index in [-0.39, 0.29) is 11.3 Å². The lowest BCUT2D eigenvalue weighted by Gasteiger charge is -2.26. The molecule has 5 heteroatoms. The number of carbonyl (C=O) groups is 1. The Hall–Kier alpha value is -0.770. The molecule has 19 heavy (non-hydrogen) atoms. The van der Waals surface area contributed by atoms with Gasteiger partial charge in [-0.15, -0.1) is 0 Å². The summed E-state index contributed by atoms with van der Waals surface area (Å²) in [5.41, 5.74) is 0.405. The van der Waals surface area contributed by atoms with Crippen molar-refractivity contribution in [3.63, 3.8) is 0 Å². The van der Waals surface area contributed by atoms with E-state index in [1.165, 1.54) is 0 Å². The number of carbonyl (C=O) groups excluding carboxylic acids is 1. The van der Waals surface area contributed by atoms with Gasteiger partial charge in [0.15, 0.2) is 0 Å². The van der Waals surface area contributed by atoms with Crippen LogP contribution < -0.4 is 10.6 Å². The lowest BCUT2D eigenvalue weighted by molar-refractivity contribution is -0.125. The van der Waals surface area contributed by atoms with Crippen molar-refractivity contribution in [1.29, 1.82) is 0 Å². The minimum atomic E-state index is -0.291. The summed E-state index contributed by atoms with van der Waals surface area (Å²) in [5, 5.41) is 7.18. The van der Waals surface area contributed by atoms with E-state index in [2.05, 4.69) is 17.6 Å². The Morgan fingerprint density at radius 2 is 2.21 bits per heavy atom. The van der Waals surface area contributed by atoms with Gasteiger partial charge in [0.05, 0.1) is 15.5 Å². The van der Waals surface area contributed by atoms with Crippen molar-refractivity contribution in [2.45, 2.75) is 26.2 Å². The topological polar surface area (TPSA) is 41.1 Å². The van der Waals surface area contributed by atoms with Crippen LogP contribution in [0.1, 0.15) is 26.2 Å². The maximum Gasteiger partial charge on any atom is 0.231 e. The second kappa shape index (κ2) is 6.12. The van der Waals surface area contributed by atoms with Gasteiger partial charge in [-0.2, -0.15) is 0 Å². The molecule has 1 heterocycles. The molecule has 2 rings (SSSR count). The average molecular weight is 301 g/mol. The first-order valence-electron chi connectivity index (χ1n) is 6.54. The second-order valence-electron chi connectivity index (χ2n) is 5.04. The van der Waals surface area contributed by atoms with Crippen molar-refractivity contribution in [2.24, 2.45) is 5.41 Å². The Labute approximate surface area is 123 Å². The quantitative estimate of drug-likeness (QED) is 0.890. The molecule has 1 saturated heterocycles. The van der Waals surface area contributed by atoms with E-state index in [1.807, 2.05) is 0 Å². The van der Waals surface area contributed by atoms with Crippen LogP contribution >= 0.6 is 23.2 Å². The highest BCUT2D eigenvalue weighted by atomic mass is 35.5. The monoisotopic (exact) mass is 300 g/mol. The molecule has 0 aliphatic carbocycles. The molecule has 0 saturated carbocycles. The number of rotatable bonds is 4. The van der Waals surface area contributed by atoms with Gasteiger partial charge in [0.2, 0.25) is 5.91 Å². The highest BCUT2D eigenvalue weighted by Gasteiger charge is 2.40. The number of benzene rings is 1. The zero-order valence-corrected chi connectivity index (χ0v) is 12.4. The van der Waals surface area contributed by atoms with Crippen LogP contribution in [0.2, 0.25) is 10.0 Å². The minimum absolute atomic E-state index is 0.0674. The van der Waals surface area contributed by atoms with Crippen LogP contribution in [0.25, 0.3) is 0 Å². The molecular weight excluding hydrogens is 283 g/mol. The smallest absolute Gasteiger partial charge is 0.231 e. The molecule has 0 aromatic heterocycles. The summed E-state index contributed by atoms with van der Waals surface area (Å²) in [4.78, 5) is 12.5. The maximum atomic E-state index is 12.5. The molecule has 0 radical (unpaired) electrons. The molecule has 1 aromatic rings. The van der Waals surface area contributed by atoms with E-state index in [0.29, 0.717) is 15.7 Å². The summed E-state index contributed by atoms with van der Waals surface area (Å²) in [7, 11) is 0. The summed E-state index contributed by atoms with van der Waals surface area (Å²) >= 11 is 11.8. The highest BCUT2D eigenvalue weighted by Crippen LogP contribution is 2.33. The van der Waals surface area contributed by atoms with E-state index < -0.39 is 0 Å². The summed E-state index contributed by atoms with van der Waals surface area (Å²) in [6.07, 6.45) is 2.78. The van der Waals surface area contributed by atoms with Crippen LogP contribution in [-0.2, 0) is 4.79 Å². The summed E-state index contributed by atoms with van der Waals surface area (Å²) < 4.78 is 0. The number of nitrogens with one attached hydrogen (secondary N) is 2. The molecule has 1 aliphatic heterocycles. The third-order valence-electron chi connectivity index (χ3n) is 3.63. The summed E-state index contributed by atoms with van der Waals surface area (Å²) in [6, 6.07) is 5.15. The van der Waals surface area contributed by atoms with E-state index in [4.69, 9.17) is 23.2 Å². The molecule has 0 spiro atoms. The number of hydrogen-bond acceptors (Lipinski definition) is 2. The van der Waals surface area contributed by atoms with Gasteiger partial charge in [-0.3, -0.25) is 4.79 Å². The molecule has 1 aliphatic rings. The van der Waals surface area contributed by atoms with Crippen LogP contribution in [-0.4, -0.2) is 19.0 Å². The summed E-state index contributed by atoms with van der Waals surface area (Å²) in [5.74, 6) is 0.0674. The predicted octanol–water partition coefficient (Wildman–Crippen LogP) is 3.71. The van der Waals surface area contributed by atoms with Gasteiger partial charge in [-0.1, -0.05) is 36.5 Å². The summed E-state index contributed by atoms with van der Waals surface area (Å²) in [6.45, 7) is 3.75. The fourth-order valence-electron chi connectivity index (χ4n) is 2.58. The van der Waals surface area contributed by atoms with Crippen molar-refractivity contribution in [2.75, 3.05) is 18.4 Å². The molecule has 104 valence electrons. The number of anilines is 1. The van der Waals surface area contributed by atoms with Crippen LogP contribution in [0.5, 0.6) is 0 Å². The molecule has 1 atom stereocenters. The molecule has 2 N–H and O–H groups in total. The first kappa shape index (κ1) is 14.6. The van der Waals surface area contributed by atoms with Crippen LogP contribution in [0.15, 0.2) is 18.2 Å². The van der Waals surface area contributed by atoms with Crippen LogP contribution in [0.4, 0.5) is 5.69 Å².